The van der Waals surface area contributed by atoms with Crippen LogP contribution in [0.3, 0.4) is 0 Å². The molecule has 0 saturated heterocycles. The van der Waals surface area contributed by atoms with Gasteiger partial charge in [0.2, 0.25) is 0 Å². The molecule has 0 unspecified atom stereocenters. The Morgan fingerprint density at radius 2 is 1.35 bits per heavy atom. The molecule has 2 aromatic rings. The first-order valence-electron chi connectivity index (χ1n) is 5.47. The van der Waals surface area contributed by atoms with Crippen molar-refractivity contribution in [2.24, 2.45) is 0 Å². The van der Waals surface area contributed by atoms with Crippen LogP contribution in [-0.2, 0) is 0 Å². The molecule has 0 atom stereocenters. The summed E-state index contributed by atoms with van der Waals surface area (Å²) in [5, 5.41) is 4.85. The number of nitrogens with one attached hydrogen (secondary N) is 1. The average molecular weight is 264 g/mol. The number of fused-ring (bicyclic) bond motifs is 3. The standard InChI is InChI=1S/C14H11Cl2N/c1-17-14-12-6-8(15)2-4-10(12)11-5-3-9(16)7-13(11)14/h2-7,14,17H,1H3. The second-order valence-corrected chi connectivity index (χ2v) is 5.06. The molecule has 0 aliphatic heterocycles. The molecule has 3 heteroatoms. The number of rotatable bonds is 1. The van der Waals surface area contributed by atoms with E-state index in [1.807, 2.05) is 31.3 Å². The molecule has 0 fully saturated rings. The van der Waals surface area contributed by atoms with Crippen molar-refractivity contribution in [3.63, 3.8) is 0 Å². The first kappa shape index (κ1) is 11.1. The Labute approximate surface area is 110 Å². The van der Waals surface area contributed by atoms with Gasteiger partial charge in [0.25, 0.3) is 0 Å². The largest absolute Gasteiger partial charge is 0.309 e. The van der Waals surface area contributed by atoms with Crippen molar-refractivity contribution < 1.29 is 0 Å². The van der Waals surface area contributed by atoms with Gasteiger partial charge >= 0.3 is 0 Å². The van der Waals surface area contributed by atoms with E-state index in [1.165, 1.54) is 22.3 Å². The zero-order valence-corrected chi connectivity index (χ0v) is 10.8. The van der Waals surface area contributed by atoms with Crippen molar-refractivity contribution in [1.29, 1.82) is 0 Å². The Balaban J connectivity index is 2.28. The minimum absolute atomic E-state index is 0.178. The van der Waals surface area contributed by atoms with E-state index in [-0.39, 0.29) is 6.04 Å². The zero-order valence-electron chi connectivity index (χ0n) is 9.30. The van der Waals surface area contributed by atoms with Gasteiger partial charge < -0.3 is 5.32 Å². The third-order valence-corrected chi connectivity index (χ3v) is 3.70. The molecular weight excluding hydrogens is 253 g/mol. The molecule has 0 radical (unpaired) electrons. The summed E-state index contributed by atoms with van der Waals surface area (Å²) >= 11 is 12.1. The monoisotopic (exact) mass is 263 g/mol. The van der Waals surface area contributed by atoms with E-state index in [2.05, 4.69) is 17.4 Å². The van der Waals surface area contributed by atoms with Gasteiger partial charge in [0, 0.05) is 10.0 Å². The summed E-state index contributed by atoms with van der Waals surface area (Å²) in [6.07, 6.45) is 0. The first-order valence-corrected chi connectivity index (χ1v) is 6.23. The van der Waals surface area contributed by atoms with Gasteiger partial charge in [-0.2, -0.15) is 0 Å². The van der Waals surface area contributed by atoms with Crippen molar-refractivity contribution in [2.75, 3.05) is 7.05 Å². The molecule has 1 aliphatic rings. The van der Waals surface area contributed by atoms with Gasteiger partial charge in [-0.3, -0.25) is 0 Å². The molecule has 1 aliphatic carbocycles. The predicted molar refractivity (Wildman–Crippen MR) is 72.8 cm³/mol. The maximum atomic E-state index is 6.07. The minimum atomic E-state index is 0.178. The molecule has 3 rings (SSSR count). The van der Waals surface area contributed by atoms with Crippen LogP contribution in [0.15, 0.2) is 36.4 Å². The lowest BCUT2D eigenvalue weighted by molar-refractivity contribution is 0.708. The lowest BCUT2D eigenvalue weighted by atomic mass is 10.1. The van der Waals surface area contributed by atoms with E-state index in [0.717, 1.165) is 10.0 Å². The summed E-state index contributed by atoms with van der Waals surface area (Å²) in [5.41, 5.74) is 4.91. The quantitative estimate of drug-likeness (QED) is 0.810. The van der Waals surface area contributed by atoms with Crippen molar-refractivity contribution in [3.05, 3.63) is 57.6 Å². The first-order chi connectivity index (χ1) is 8.20. The van der Waals surface area contributed by atoms with Crippen LogP contribution in [0.1, 0.15) is 17.2 Å². The van der Waals surface area contributed by atoms with Crippen molar-refractivity contribution in [1.82, 2.24) is 5.32 Å². The summed E-state index contributed by atoms with van der Waals surface area (Å²) in [4.78, 5) is 0. The lowest BCUT2D eigenvalue weighted by Crippen LogP contribution is -2.14. The van der Waals surface area contributed by atoms with Crippen molar-refractivity contribution in [3.8, 4) is 11.1 Å². The molecule has 0 heterocycles. The van der Waals surface area contributed by atoms with E-state index >= 15 is 0 Å². The second-order valence-electron chi connectivity index (χ2n) is 4.18. The fraction of sp³-hybridized carbons (Fsp3) is 0.143. The van der Waals surface area contributed by atoms with E-state index in [0.29, 0.717) is 0 Å². The zero-order chi connectivity index (χ0) is 12.0. The normalized spacial score (nSPS) is 13.6. The van der Waals surface area contributed by atoms with Crippen LogP contribution in [0.4, 0.5) is 0 Å². The van der Waals surface area contributed by atoms with Gasteiger partial charge in [-0.25, -0.2) is 0 Å². The molecule has 0 saturated carbocycles. The smallest absolute Gasteiger partial charge is 0.0587 e. The van der Waals surface area contributed by atoms with Crippen LogP contribution in [0.5, 0.6) is 0 Å². The van der Waals surface area contributed by atoms with Crippen LogP contribution in [0.2, 0.25) is 10.0 Å². The number of hydrogen-bond donors (Lipinski definition) is 1. The predicted octanol–water partition coefficient (Wildman–Crippen LogP) is 4.28. The third-order valence-electron chi connectivity index (χ3n) is 3.23. The Morgan fingerprint density at radius 3 is 1.76 bits per heavy atom. The molecule has 86 valence electrons. The Kier molecular flexibility index (Phi) is 2.62. The third kappa shape index (κ3) is 1.66. The van der Waals surface area contributed by atoms with E-state index < -0.39 is 0 Å². The summed E-state index contributed by atoms with van der Waals surface area (Å²) in [6.45, 7) is 0. The Hall–Kier alpha value is -1.02. The molecule has 2 aromatic carbocycles. The highest BCUT2D eigenvalue weighted by molar-refractivity contribution is 6.31. The Bertz CT molecular complexity index is 541. The van der Waals surface area contributed by atoms with E-state index in [4.69, 9.17) is 23.2 Å². The lowest BCUT2D eigenvalue weighted by Gasteiger charge is -2.12. The average Bonchev–Trinajstić information content (AvgIpc) is 2.60. The summed E-state index contributed by atoms with van der Waals surface area (Å²) in [6, 6.07) is 12.2. The molecule has 1 N–H and O–H groups in total. The van der Waals surface area contributed by atoms with Gasteiger partial charge in [0.1, 0.15) is 0 Å². The number of hydrogen-bond acceptors (Lipinski definition) is 1. The Morgan fingerprint density at radius 1 is 0.882 bits per heavy atom. The van der Waals surface area contributed by atoms with Gasteiger partial charge in [-0.05, 0) is 53.6 Å². The number of benzene rings is 2. The van der Waals surface area contributed by atoms with Crippen LogP contribution >= 0.6 is 23.2 Å². The summed E-state index contributed by atoms with van der Waals surface area (Å²) < 4.78 is 0. The summed E-state index contributed by atoms with van der Waals surface area (Å²) in [7, 11) is 1.95. The highest BCUT2D eigenvalue weighted by atomic mass is 35.5. The van der Waals surface area contributed by atoms with E-state index in [1.54, 1.807) is 0 Å². The molecule has 0 amide bonds. The fourth-order valence-electron chi connectivity index (χ4n) is 2.51. The second kappa shape index (κ2) is 4.02. The molecule has 0 spiro atoms. The van der Waals surface area contributed by atoms with Crippen LogP contribution in [0, 0.1) is 0 Å². The topological polar surface area (TPSA) is 12.0 Å². The number of halogens is 2. The molecule has 17 heavy (non-hydrogen) atoms. The maximum Gasteiger partial charge on any atom is 0.0587 e. The molecule has 0 aromatic heterocycles. The maximum absolute atomic E-state index is 6.07. The van der Waals surface area contributed by atoms with Crippen molar-refractivity contribution >= 4 is 23.2 Å². The van der Waals surface area contributed by atoms with Gasteiger partial charge in [0.05, 0.1) is 6.04 Å². The highest BCUT2D eigenvalue weighted by Gasteiger charge is 2.27. The molecule has 0 bridgehead atoms. The fourth-order valence-corrected chi connectivity index (χ4v) is 2.88. The van der Waals surface area contributed by atoms with Gasteiger partial charge in [-0.1, -0.05) is 35.3 Å². The SMILES string of the molecule is CNC1c2cc(Cl)ccc2-c2ccc(Cl)cc21. The van der Waals surface area contributed by atoms with Crippen LogP contribution in [0.25, 0.3) is 11.1 Å². The van der Waals surface area contributed by atoms with Crippen LogP contribution < -0.4 is 5.32 Å². The van der Waals surface area contributed by atoms with Crippen LogP contribution in [-0.4, -0.2) is 7.05 Å². The van der Waals surface area contributed by atoms with Crippen molar-refractivity contribution in [2.45, 2.75) is 6.04 Å². The molecule has 1 nitrogen and oxygen atoms in total. The van der Waals surface area contributed by atoms with Gasteiger partial charge in [0.15, 0.2) is 0 Å². The molecular formula is C14H11Cl2N. The highest BCUT2D eigenvalue weighted by Crippen LogP contribution is 2.44. The minimum Gasteiger partial charge on any atom is -0.309 e. The van der Waals surface area contributed by atoms with Gasteiger partial charge in [-0.15, -0.1) is 0 Å². The summed E-state index contributed by atoms with van der Waals surface area (Å²) in [5.74, 6) is 0. The van der Waals surface area contributed by atoms with E-state index in [9.17, 15) is 0 Å².